The van der Waals surface area contributed by atoms with Crippen LogP contribution in [0.1, 0.15) is 25.0 Å². The maximum absolute atomic E-state index is 12.3. The minimum Gasteiger partial charge on any atom is -0.357 e. The molecule has 0 bridgehead atoms. The van der Waals surface area contributed by atoms with Gasteiger partial charge < -0.3 is 10.2 Å². The van der Waals surface area contributed by atoms with Gasteiger partial charge in [-0.3, -0.25) is 9.36 Å². The zero-order valence-electron chi connectivity index (χ0n) is 17.1. The molecule has 0 unspecified atom stereocenters. The van der Waals surface area contributed by atoms with E-state index in [1.54, 1.807) is 6.20 Å². The lowest BCUT2D eigenvalue weighted by atomic mass is 10.2. The summed E-state index contributed by atoms with van der Waals surface area (Å²) in [5.74, 6) is 1.25. The van der Waals surface area contributed by atoms with Crippen LogP contribution in [0.4, 0.5) is 5.82 Å². The smallest absolute Gasteiger partial charge is 0.230 e. The molecular formula is C22H27N5OS. The van der Waals surface area contributed by atoms with Crippen molar-refractivity contribution in [1.29, 1.82) is 0 Å². The molecule has 1 aromatic carbocycles. The van der Waals surface area contributed by atoms with Gasteiger partial charge in [-0.2, -0.15) is 0 Å². The number of anilines is 1. The van der Waals surface area contributed by atoms with Gasteiger partial charge in [-0.15, -0.1) is 0 Å². The summed E-state index contributed by atoms with van der Waals surface area (Å²) in [7, 11) is 0. The van der Waals surface area contributed by atoms with Crippen molar-refractivity contribution in [3.8, 4) is 5.69 Å². The average molecular weight is 410 g/mol. The normalized spacial score (nSPS) is 10.7. The number of para-hydroxylation sites is 1. The van der Waals surface area contributed by atoms with Gasteiger partial charge in [-0.05, 0) is 44.0 Å². The number of hydrogen-bond acceptors (Lipinski definition) is 5. The zero-order chi connectivity index (χ0) is 20.6. The van der Waals surface area contributed by atoms with Crippen LogP contribution in [0.5, 0.6) is 0 Å². The second-order valence-corrected chi connectivity index (χ2v) is 7.57. The number of rotatable bonds is 9. The molecule has 1 amide bonds. The molecule has 0 aliphatic rings. The van der Waals surface area contributed by atoms with Gasteiger partial charge >= 0.3 is 0 Å². The Morgan fingerprint density at radius 2 is 1.93 bits per heavy atom. The quantitative estimate of drug-likeness (QED) is 0.544. The lowest BCUT2D eigenvalue weighted by molar-refractivity contribution is -0.118. The van der Waals surface area contributed by atoms with Crippen molar-refractivity contribution in [2.45, 2.75) is 32.5 Å². The van der Waals surface area contributed by atoms with Gasteiger partial charge in [-0.1, -0.05) is 36.0 Å². The van der Waals surface area contributed by atoms with Crippen molar-refractivity contribution >= 4 is 23.5 Å². The van der Waals surface area contributed by atoms with Crippen LogP contribution in [0.2, 0.25) is 0 Å². The predicted octanol–water partition coefficient (Wildman–Crippen LogP) is 3.83. The minimum atomic E-state index is -0.0258. The number of benzene rings is 1. The number of pyridine rings is 1. The van der Waals surface area contributed by atoms with Gasteiger partial charge in [-0.25, -0.2) is 9.97 Å². The highest BCUT2D eigenvalue weighted by Crippen LogP contribution is 2.22. The first-order valence-corrected chi connectivity index (χ1v) is 10.8. The van der Waals surface area contributed by atoms with Gasteiger partial charge in [0, 0.05) is 38.2 Å². The van der Waals surface area contributed by atoms with E-state index in [0.717, 1.165) is 40.9 Å². The maximum atomic E-state index is 12.3. The number of amides is 1. The largest absolute Gasteiger partial charge is 0.357 e. The first kappa shape index (κ1) is 20.9. The Bertz CT molecular complexity index is 934. The van der Waals surface area contributed by atoms with Gasteiger partial charge in [0.25, 0.3) is 0 Å². The third-order valence-electron chi connectivity index (χ3n) is 4.70. The van der Waals surface area contributed by atoms with Crippen LogP contribution in [0.15, 0.2) is 60.1 Å². The summed E-state index contributed by atoms with van der Waals surface area (Å²) in [5, 5.41) is 3.76. The van der Waals surface area contributed by atoms with Gasteiger partial charge in [0.1, 0.15) is 5.82 Å². The lowest BCUT2D eigenvalue weighted by Gasteiger charge is -2.19. The second-order valence-electron chi connectivity index (χ2n) is 6.63. The van der Waals surface area contributed by atoms with Crippen molar-refractivity contribution in [3.05, 3.63) is 66.1 Å². The number of aryl methyl sites for hydroxylation is 1. The molecule has 1 N–H and O–H groups in total. The number of aromatic nitrogens is 3. The maximum Gasteiger partial charge on any atom is 0.230 e. The molecule has 0 saturated heterocycles. The highest BCUT2D eigenvalue weighted by molar-refractivity contribution is 7.99. The number of thioether (sulfide) groups is 1. The summed E-state index contributed by atoms with van der Waals surface area (Å²) in [5.41, 5.74) is 3.23. The molecule has 3 rings (SSSR count). The highest BCUT2D eigenvalue weighted by atomic mass is 32.2. The topological polar surface area (TPSA) is 63.1 Å². The van der Waals surface area contributed by atoms with Crippen molar-refractivity contribution < 1.29 is 4.79 Å². The highest BCUT2D eigenvalue weighted by Gasteiger charge is 2.10. The Kier molecular flexibility index (Phi) is 7.30. The summed E-state index contributed by atoms with van der Waals surface area (Å²) in [4.78, 5) is 23.4. The Morgan fingerprint density at radius 3 is 2.62 bits per heavy atom. The average Bonchev–Trinajstić information content (AvgIpc) is 3.21. The van der Waals surface area contributed by atoms with Crippen LogP contribution in [0, 0.1) is 6.92 Å². The van der Waals surface area contributed by atoms with E-state index in [1.165, 1.54) is 11.8 Å². The molecule has 0 atom stereocenters. The second kappa shape index (κ2) is 10.1. The molecule has 0 saturated carbocycles. The van der Waals surface area contributed by atoms with E-state index in [2.05, 4.69) is 53.1 Å². The van der Waals surface area contributed by atoms with E-state index < -0.39 is 0 Å². The third kappa shape index (κ3) is 5.38. The molecule has 2 heterocycles. The predicted molar refractivity (Wildman–Crippen MR) is 119 cm³/mol. The lowest BCUT2D eigenvalue weighted by Crippen LogP contribution is -2.25. The van der Waals surface area contributed by atoms with Crippen molar-refractivity contribution in [2.75, 3.05) is 23.7 Å². The molecule has 29 heavy (non-hydrogen) atoms. The molecule has 0 radical (unpaired) electrons. The van der Waals surface area contributed by atoms with Gasteiger partial charge in [0.05, 0.1) is 11.4 Å². The van der Waals surface area contributed by atoms with Crippen LogP contribution in [-0.2, 0) is 11.3 Å². The van der Waals surface area contributed by atoms with Crippen LogP contribution in [0.25, 0.3) is 5.69 Å². The van der Waals surface area contributed by atoms with Gasteiger partial charge in [0.15, 0.2) is 5.16 Å². The molecule has 0 spiro atoms. The molecule has 0 aliphatic heterocycles. The van der Waals surface area contributed by atoms with Gasteiger partial charge in [0.2, 0.25) is 5.91 Å². The summed E-state index contributed by atoms with van der Waals surface area (Å²) < 4.78 is 2.02. The fourth-order valence-electron chi connectivity index (χ4n) is 3.05. The summed E-state index contributed by atoms with van der Waals surface area (Å²) in [6.45, 7) is 8.61. The SMILES string of the molecule is CCN(CC)c1ccc(CNC(=O)CSc2nccn2-c2ccccc2C)cn1. The number of imidazole rings is 1. The Morgan fingerprint density at radius 1 is 1.14 bits per heavy atom. The molecule has 0 aliphatic carbocycles. The van der Waals surface area contributed by atoms with Crippen LogP contribution in [-0.4, -0.2) is 39.3 Å². The summed E-state index contributed by atoms with van der Waals surface area (Å²) in [6.07, 6.45) is 5.51. The van der Waals surface area contributed by atoms with Crippen LogP contribution >= 0.6 is 11.8 Å². The van der Waals surface area contributed by atoms with E-state index in [4.69, 9.17) is 0 Å². The Hall–Kier alpha value is -2.80. The number of nitrogens with zero attached hydrogens (tertiary/aromatic N) is 4. The number of hydrogen-bond donors (Lipinski definition) is 1. The fourth-order valence-corrected chi connectivity index (χ4v) is 3.85. The first-order chi connectivity index (χ1) is 14.1. The van der Waals surface area contributed by atoms with E-state index in [-0.39, 0.29) is 5.91 Å². The first-order valence-electron chi connectivity index (χ1n) is 9.81. The van der Waals surface area contributed by atoms with Crippen molar-refractivity contribution in [2.24, 2.45) is 0 Å². The number of carbonyl (C=O) groups is 1. The molecule has 6 nitrogen and oxygen atoms in total. The standard InChI is InChI=1S/C22H27N5OS/c1-4-26(5-2)20-11-10-18(14-24-20)15-25-21(28)16-29-22-23-12-13-27(22)19-9-7-6-8-17(19)3/h6-14H,4-5,15-16H2,1-3H3,(H,25,28). The fraction of sp³-hybridized carbons (Fsp3) is 0.318. The molecule has 2 aromatic heterocycles. The van der Waals surface area contributed by atoms with E-state index in [1.807, 2.05) is 41.2 Å². The monoisotopic (exact) mass is 409 g/mol. The van der Waals surface area contributed by atoms with Crippen LogP contribution in [0.3, 0.4) is 0 Å². The molecule has 7 heteroatoms. The van der Waals surface area contributed by atoms with E-state index in [9.17, 15) is 4.79 Å². The Balaban J connectivity index is 1.53. The summed E-state index contributed by atoms with van der Waals surface area (Å²) in [6, 6.07) is 12.1. The van der Waals surface area contributed by atoms with Crippen molar-refractivity contribution in [1.82, 2.24) is 19.9 Å². The number of carbonyl (C=O) groups excluding carboxylic acids is 1. The third-order valence-corrected chi connectivity index (χ3v) is 5.67. The minimum absolute atomic E-state index is 0.0258. The molecular weight excluding hydrogens is 382 g/mol. The Labute approximate surface area is 176 Å². The summed E-state index contributed by atoms with van der Waals surface area (Å²) >= 11 is 1.43. The van der Waals surface area contributed by atoms with Crippen LogP contribution < -0.4 is 10.2 Å². The van der Waals surface area contributed by atoms with E-state index in [0.29, 0.717) is 12.3 Å². The number of nitrogens with one attached hydrogen (secondary N) is 1. The molecule has 3 aromatic rings. The molecule has 152 valence electrons. The van der Waals surface area contributed by atoms with E-state index >= 15 is 0 Å². The molecule has 0 fully saturated rings. The van der Waals surface area contributed by atoms with Crippen molar-refractivity contribution in [3.63, 3.8) is 0 Å². The zero-order valence-corrected chi connectivity index (χ0v) is 17.9.